The number of hydrogen-bond acceptors (Lipinski definition) is 4. The average molecular weight is 373 g/mol. The molecule has 138 valence electrons. The van der Waals surface area contributed by atoms with E-state index in [1.54, 1.807) is 31.6 Å². The Labute approximate surface area is 153 Å². The molecule has 1 N–H and O–H groups in total. The van der Waals surface area contributed by atoms with Crippen molar-refractivity contribution in [2.75, 3.05) is 4.72 Å². The quantitative estimate of drug-likeness (QED) is 0.745. The van der Waals surface area contributed by atoms with Crippen molar-refractivity contribution in [3.8, 4) is 0 Å². The Morgan fingerprint density at radius 3 is 2.38 bits per heavy atom. The fourth-order valence-corrected chi connectivity index (χ4v) is 4.58. The first-order valence-electron chi connectivity index (χ1n) is 8.30. The van der Waals surface area contributed by atoms with Gasteiger partial charge in [0, 0.05) is 18.4 Å². The Balaban J connectivity index is 1.87. The van der Waals surface area contributed by atoms with Crippen molar-refractivity contribution in [2.45, 2.75) is 39.1 Å². The van der Waals surface area contributed by atoms with Gasteiger partial charge in [0.1, 0.15) is 4.90 Å². The minimum Gasteiger partial charge on any atom is -0.280 e. The summed E-state index contributed by atoms with van der Waals surface area (Å²) in [6, 6.07) is 9.37. The molecule has 8 heteroatoms. The fraction of sp³-hybridized carbons (Fsp3) is 0.333. The van der Waals surface area contributed by atoms with E-state index < -0.39 is 10.0 Å². The number of nitrogens with zero attached hydrogens (tertiary/aromatic N) is 4. The molecule has 0 spiro atoms. The van der Waals surface area contributed by atoms with Crippen molar-refractivity contribution in [1.29, 1.82) is 0 Å². The number of nitrogens with one attached hydrogen (secondary N) is 1. The smallest absolute Gasteiger partial charge is 0.265 e. The molecule has 0 saturated heterocycles. The van der Waals surface area contributed by atoms with Crippen LogP contribution in [0.4, 0.5) is 5.69 Å². The minimum atomic E-state index is -3.70. The van der Waals surface area contributed by atoms with Crippen LogP contribution < -0.4 is 4.72 Å². The Hall–Kier alpha value is -2.61. The third-order valence-electron chi connectivity index (χ3n) is 4.33. The lowest BCUT2D eigenvalue weighted by Gasteiger charge is -2.11. The van der Waals surface area contributed by atoms with Gasteiger partial charge in [-0.2, -0.15) is 10.2 Å². The van der Waals surface area contributed by atoms with E-state index in [0.717, 1.165) is 17.0 Å². The van der Waals surface area contributed by atoms with Crippen molar-refractivity contribution in [3.63, 3.8) is 0 Å². The number of hydrogen-bond donors (Lipinski definition) is 1. The van der Waals surface area contributed by atoms with Gasteiger partial charge in [-0.1, -0.05) is 12.1 Å². The summed E-state index contributed by atoms with van der Waals surface area (Å²) in [5.41, 5.74) is 4.60. The van der Waals surface area contributed by atoms with Gasteiger partial charge in [-0.15, -0.1) is 0 Å². The standard InChI is InChI=1S/C18H23N5O2S/c1-12-9-13(2)23(19-12)11-16-7-6-8-17(10-16)21-26(24,25)18-14(3)20-22(5)15(18)4/h6-10,21H,11H2,1-5H3. The van der Waals surface area contributed by atoms with Crippen molar-refractivity contribution in [1.82, 2.24) is 19.6 Å². The van der Waals surface area contributed by atoms with E-state index in [9.17, 15) is 8.42 Å². The molecule has 0 aliphatic carbocycles. The van der Waals surface area contributed by atoms with Crippen molar-refractivity contribution >= 4 is 15.7 Å². The van der Waals surface area contributed by atoms with Gasteiger partial charge in [0.25, 0.3) is 10.0 Å². The van der Waals surface area contributed by atoms with Crippen LogP contribution in [0.2, 0.25) is 0 Å². The number of rotatable bonds is 5. The molecule has 2 aromatic heterocycles. The van der Waals surface area contributed by atoms with Crippen LogP contribution in [0.3, 0.4) is 0 Å². The summed E-state index contributed by atoms with van der Waals surface area (Å²) in [4.78, 5) is 0.226. The summed E-state index contributed by atoms with van der Waals surface area (Å²) in [7, 11) is -1.97. The van der Waals surface area contributed by atoms with Crippen LogP contribution in [0.5, 0.6) is 0 Å². The third-order valence-corrected chi connectivity index (χ3v) is 5.96. The molecule has 3 aromatic rings. The summed E-state index contributed by atoms with van der Waals surface area (Å²) >= 11 is 0. The lowest BCUT2D eigenvalue weighted by molar-refractivity contribution is 0.599. The van der Waals surface area contributed by atoms with E-state index in [2.05, 4.69) is 14.9 Å². The molecule has 0 radical (unpaired) electrons. The Bertz CT molecular complexity index is 1060. The summed E-state index contributed by atoms with van der Waals surface area (Å²) < 4.78 is 31.7. The van der Waals surface area contributed by atoms with Gasteiger partial charge >= 0.3 is 0 Å². The highest BCUT2D eigenvalue weighted by Crippen LogP contribution is 2.23. The molecule has 0 unspecified atom stereocenters. The van der Waals surface area contributed by atoms with Crippen molar-refractivity contribution < 1.29 is 8.42 Å². The molecule has 0 bridgehead atoms. The molecule has 2 heterocycles. The molecule has 0 atom stereocenters. The average Bonchev–Trinajstić information content (AvgIpc) is 2.97. The first-order chi connectivity index (χ1) is 12.2. The number of benzene rings is 1. The number of anilines is 1. The van der Waals surface area contributed by atoms with Crippen LogP contribution in [-0.4, -0.2) is 28.0 Å². The monoisotopic (exact) mass is 373 g/mol. The van der Waals surface area contributed by atoms with Crippen LogP contribution in [0.1, 0.15) is 28.3 Å². The number of aromatic nitrogens is 4. The van der Waals surface area contributed by atoms with Crippen LogP contribution in [0.25, 0.3) is 0 Å². The highest BCUT2D eigenvalue weighted by Gasteiger charge is 2.23. The fourth-order valence-electron chi connectivity index (χ4n) is 3.09. The van der Waals surface area contributed by atoms with E-state index in [4.69, 9.17) is 0 Å². The Kier molecular flexibility index (Phi) is 4.62. The van der Waals surface area contributed by atoms with Crippen LogP contribution in [0.15, 0.2) is 35.2 Å². The topological polar surface area (TPSA) is 81.8 Å². The number of aryl methyl sites for hydroxylation is 4. The first-order valence-corrected chi connectivity index (χ1v) is 9.78. The maximum absolute atomic E-state index is 12.8. The zero-order chi connectivity index (χ0) is 19.1. The molecule has 0 aliphatic heterocycles. The molecule has 0 amide bonds. The predicted molar refractivity (Wildman–Crippen MR) is 101 cm³/mol. The van der Waals surface area contributed by atoms with Gasteiger partial charge < -0.3 is 0 Å². The molecule has 7 nitrogen and oxygen atoms in total. The second-order valence-electron chi connectivity index (χ2n) is 6.51. The van der Waals surface area contributed by atoms with Crippen molar-refractivity contribution in [2.24, 2.45) is 7.05 Å². The highest BCUT2D eigenvalue weighted by molar-refractivity contribution is 7.92. The van der Waals surface area contributed by atoms with Crippen molar-refractivity contribution in [3.05, 3.63) is 58.7 Å². The summed E-state index contributed by atoms with van der Waals surface area (Å²) in [5.74, 6) is 0. The molecule has 1 aromatic carbocycles. The zero-order valence-electron chi connectivity index (χ0n) is 15.6. The predicted octanol–water partition coefficient (Wildman–Crippen LogP) is 2.70. The SMILES string of the molecule is Cc1cc(C)n(Cc2cccc(NS(=O)(=O)c3c(C)nn(C)c3C)c2)n1. The van der Waals surface area contributed by atoms with Gasteiger partial charge in [-0.25, -0.2) is 8.42 Å². The molecule has 26 heavy (non-hydrogen) atoms. The van der Waals surface area contributed by atoms with Gasteiger partial charge in [0.15, 0.2) is 0 Å². The lowest BCUT2D eigenvalue weighted by Crippen LogP contribution is -2.15. The lowest BCUT2D eigenvalue weighted by atomic mass is 10.2. The van der Waals surface area contributed by atoms with Gasteiger partial charge in [0.05, 0.1) is 23.6 Å². The maximum atomic E-state index is 12.8. The summed E-state index contributed by atoms with van der Waals surface area (Å²) in [6.07, 6.45) is 0. The highest BCUT2D eigenvalue weighted by atomic mass is 32.2. The third kappa shape index (κ3) is 3.50. The Morgan fingerprint density at radius 1 is 1.08 bits per heavy atom. The van der Waals surface area contributed by atoms with Crippen LogP contribution in [0, 0.1) is 27.7 Å². The molecule has 0 aliphatic rings. The van der Waals surface area contributed by atoms with E-state index in [0.29, 0.717) is 23.6 Å². The van der Waals surface area contributed by atoms with Gasteiger partial charge in [0.2, 0.25) is 0 Å². The van der Waals surface area contributed by atoms with Crippen LogP contribution in [-0.2, 0) is 23.6 Å². The summed E-state index contributed by atoms with van der Waals surface area (Å²) in [5, 5.41) is 8.64. The number of sulfonamides is 1. The largest absolute Gasteiger partial charge is 0.280 e. The molecule has 0 saturated carbocycles. The normalized spacial score (nSPS) is 11.7. The minimum absolute atomic E-state index is 0.226. The summed E-state index contributed by atoms with van der Waals surface area (Å²) in [6.45, 7) is 7.97. The van der Waals surface area contributed by atoms with Gasteiger partial charge in [-0.3, -0.25) is 14.1 Å². The molecule has 3 rings (SSSR count). The molecular formula is C18H23N5O2S. The van der Waals surface area contributed by atoms with E-state index in [1.807, 2.05) is 42.8 Å². The second kappa shape index (κ2) is 6.60. The van der Waals surface area contributed by atoms with E-state index >= 15 is 0 Å². The van der Waals surface area contributed by atoms with E-state index in [1.165, 1.54) is 0 Å². The molecular weight excluding hydrogens is 350 g/mol. The van der Waals surface area contributed by atoms with Crippen LogP contribution >= 0.6 is 0 Å². The van der Waals surface area contributed by atoms with E-state index in [-0.39, 0.29) is 4.90 Å². The first kappa shape index (κ1) is 18.2. The van der Waals surface area contributed by atoms with Gasteiger partial charge in [-0.05, 0) is 51.5 Å². The molecule has 0 fully saturated rings. The Morgan fingerprint density at radius 2 is 1.81 bits per heavy atom. The zero-order valence-corrected chi connectivity index (χ0v) is 16.4. The second-order valence-corrected chi connectivity index (χ2v) is 8.13. The maximum Gasteiger partial charge on any atom is 0.265 e.